The van der Waals surface area contributed by atoms with Crippen LogP contribution in [-0.4, -0.2) is 27.8 Å². The normalized spacial score (nSPS) is 10.3. The van der Waals surface area contributed by atoms with Crippen LogP contribution in [0, 0.1) is 0 Å². The number of carbonyl (C=O) groups is 1. The number of anilines is 1. The SMILES string of the molecule is CN(C(=O)CCn1cccn1)c1ccc(O)cc1. The lowest BCUT2D eigenvalue weighted by atomic mass is 10.2. The van der Waals surface area contributed by atoms with Gasteiger partial charge in [0.15, 0.2) is 0 Å². The molecule has 0 aliphatic heterocycles. The highest BCUT2D eigenvalue weighted by Gasteiger charge is 2.10. The molecule has 0 unspecified atom stereocenters. The monoisotopic (exact) mass is 245 g/mol. The van der Waals surface area contributed by atoms with E-state index in [4.69, 9.17) is 0 Å². The van der Waals surface area contributed by atoms with Crippen LogP contribution in [0.15, 0.2) is 42.7 Å². The van der Waals surface area contributed by atoms with Crippen LogP contribution in [-0.2, 0) is 11.3 Å². The molecule has 2 aromatic rings. The number of carbonyl (C=O) groups excluding carboxylic acids is 1. The maximum absolute atomic E-state index is 11.9. The fourth-order valence-corrected chi connectivity index (χ4v) is 1.63. The van der Waals surface area contributed by atoms with Crippen LogP contribution in [0.25, 0.3) is 0 Å². The van der Waals surface area contributed by atoms with Gasteiger partial charge in [-0.1, -0.05) is 0 Å². The number of aromatic nitrogens is 2. The minimum Gasteiger partial charge on any atom is -0.508 e. The molecule has 0 saturated heterocycles. The number of hydrogen-bond acceptors (Lipinski definition) is 3. The van der Waals surface area contributed by atoms with Crippen molar-refractivity contribution in [3.05, 3.63) is 42.7 Å². The summed E-state index contributed by atoms with van der Waals surface area (Å²) in [6.45, 7) is 0.564. The third kappa shape index (κ3) is 2.88. The summed E-state index contributed by atoms with van der Waals surface area (Å²) in [6, 6.07) is 8.37. The fourth-order valence-electron chi connectivity index (χ4n) is 1.63. The van der Waals surface area contributed by atoms with Crippen molar-refractivity contribution in [1.29, 1.82) is 0 Å². The molecule has 5 heteroatoms. The van der Waals surface area contributed by atoms with Crippen LogP contribution >= 0.6 is 0 Å². The van der Waals surface area contributed by atoms with Crippen LogP contribution in [0.1, 0.15) is 6.42 Å². The average Bonchev–Trinajstić information content (AvgIpc) is 2.89. The van der Waals surface area contributed by atoms with Gasteiger partial charge in [-0.25, -0.2) is 0 Å². The van der Waals surface area contributed by atoms with Crippen molar-refractivity contribution in [1.82, 2.24) is 9.78 Å². The Kier molecular flexibility index (Phi) is 3.62. The highest BCUT2D eigenvalue weighted by Crippen LogP contribution is 2.17. The number of nitrogens with zero attached hydrogens (tertiary/aromatic N) is 3. The Morgan fingerprint density at radius 1 is 1.39 bits per heavy atom. The van der Waals surface area contributed by atoms with Crippen molar-refractivity contribution < 1.29 is 9.90 Å². The molecule has 0 spiro atoms. The second-order valence-electron chi connectivity index (χ2n) is 3.99. The standard InChI is InChI=1S/C13H15N3O2/c1-15(11-3-5-12(17)6-4-11)13(18)7-10-16-9-2-8-14-16/h2-6,8-9,17H,7,10H2,1H3. The molecule has 0 aliphatic rings. The summed E-state index contributed by atoms with van der Waals surface area (Å²) in [5.41, 5.74) is 0.762. The highest BCUT2D eigenvalue weighted by molar-refractivity contribution is 5.92. The molecule has 1 aromatic carbocycles. The van der Waals surface area contributed by atoms with Gasteiger partial charge in [-0.15, -0.1) is 0 Å². The van der Waals surface area contributed by atoms with Gasteiger partial charge in [0.25, 0.3) is 0 Å². The molecule has 0 radical (unpaired) electrons. The van der Waals surface area contributed by atoms with E-state index in [0.29, 0.717) is 13.0 Å². The summed E-state index contributed by atoms with van der Waals surface area (Å²) in [5, 5.41) is 13.2. The van der Waals surface area contributed by atoms with Gasteiger partial charge < -0.3 is 10.0 Å². The predicted molar refractivity (Wildman–Crippen MR) is 68.4 cm³/mol. The average molecular weight is 245 g/mol. The number of rotatable bonds is 4. The molecule has 2 rings (SSSR count). The molecular formula is C13H15N3O2. The van der Waals surface area contributed by atoms with E-state index >= 15 is 0 Å². The first kappa shape index (κ1) is 12.2. The lowest BCUT2D eigenvalue weighted by molar-refractivity contribution is -0.118. The Morgan fingerprint density at radius 2 is 2.11 bits per heavy atom. The van der Waals surface area contributed by atoms with Gasteiger partial charge in [0.2, 0.25) is 5.91 Å². The highest BCUT2D eigenvalue weighted by atomic mass is 16.3. The molecule has 1 amide bonds. The topological polar surface area (TPSA) is 58.4 Å². The maximum atomic E-state index is 11.9. The quantitative estimate of drug-likeness (QED) is 0.890. The number of benzene rings is 1. The van der Waals surface area contributed by atoms with Gasteiger partial charge in [0.05, 0.1) is 0 Å². The lowest BCUT2D eigenvalue weighted by Gasteiger charge is -2.17. The zero-order valence-corrected chi connectivity index (χ0v) is 10.2. The molecule has 0 aliphatic carbocycles. The van der Waals surface area contributed by atoms with Crippen molar-refractivity contribution >= 4 is 11.6 Å². The van der Waals surface area contributed by atoms with E-state index in [1.165, 1.54) is 0 Å². The number of phenolic OH excluding ortho intramolecular Hbond substituents is 1. The van der Waals surface area contributed by atoms with Crippen LogP contribution in [0.2, 0.25) is 0 Å². The van der Waals surface area contributed by atoms with Gasteiger partial charge in [-0.3, -0.25) is 9.48 Å². The molecule has 18 heavy (non-hydrogen) atoms. The zero-order chi connectivity index (χ0) is 13.0. The van der Waals surface area contributed by atoms with Gasteiger partial charge in [-0.05, 0) is 30.3 Å². The van der Waals surface area contributed by atoms with E-state index in [0.717, 1.165) is 5.69 Å². The number of phenols is 1. The summed E-state index contributed by atoms with van der Waals surface area (Å²) in [6.07, 6.45) is 3.90. The first-order valence-corrected chi connectivity index (χ1v) is 5.70. The van der Waals surface area contributed by atoms with Crippen molar-refractivity contribution in [2.45, 2.75) is 13.0 Å². The Morgan fingerprint density at radius 3 is 2.72 bits per heavy atom. The first-order chi connectivity index (χ1) is 8.66. The first-order valence-electron chi connectivity index (χ1n) is 5.70. The number of amides is 1. The molecule has 1 heterocycles. The Hall–Kier alpha value is -2.30. The minimum absolute atomic E-state index is 0.0104. The van der Waals surface area contributed by atoms with Crippen molar-refractivity contribution in [3.8, 4) is 5.75 Å². The summed E-state index contributed by atoms with van der Waals surface area (Å²) >= 11 is 0. The van der Waals surface area contributed by atoms with E-state index in [-0.39, 0.29) is 11.7 Å². The summed E-state index contributed by atoms with van der Waals surface area (Å²) in [7, 11) is 1.72. The smallest absolute Gasteiger partial charge is 0.228 e. The molecule has 0 atom stereocenters. The van der Waals surface area contributed by atoms with E-state index in [2.05, 4.69) is 5.10 Å². The van der Waals surface area contributed by atoms with E-state index in [1.807, 2.05) is 12.3 Å². The third-order valence-corrected chi connectivity index (χ3v) is 2.73. The molecule has 1 aromatic heterocycles. The molecule has 0 bridgehead atoms. The molecular weight excluding hydrogens is 230 g/mol. The maximum Gasteiger partial charge on any atom is 0.228 e. The van der Waals surface area contributed by atoms with Gasteiger partial charge in [0, 0.05) is 38.1 Å². The molecule has 5 nitrogen and oxygen atoms in total. The molecule has 0 fully saturated rings. The largest absolute Gasteiger partial charge is 0.508 e. The van der Waals surface area contributed by atoms with E-state index in [1.54, 1.807) is 47.1 Å². The third-order valence-electron chi connectivity index (χ3n) is 2.73. The summed E-state index contributed by atoms with van der Waals surface area (Å²) in [5.74, 6) is 0.201. The van der Waals surface area contributed by atoms with Gasteiger partial charge in [0.1, 0.15) is 5.75 Å². The Balaban J connectivity index is 1.94. The molecule has 1 N–H and O–H groups in total. The van der Waals surface area contributed by atoms with Crippen LogP contribution in [0.3, 0.4) is 0 Å². The molecule has 0 saturated carbocycles. The van der Waals surface area contributed by atoms with E-state index in [9.17, 15) is 9.90 Å². The van der Waals surface area contributed by atoms with Crippen molar-refractivity contribution in [2.75, 3.05) is 11.9 Å². The second-order valence-corrected chi connectivity index (χ2v) is 3.99. The second kappa shape index (κ2) is 5.35. The van der Waals surface area contributed by atoms with Crippen LogP contribution in [0.4, 0.5) is 5.69 Å². The summed E-state index contributed by atoms with van der Waals surface area (Å²) in [4.78, 5) is 13.5. The van der Waals surface area contributed by atoms with Crippen LogP contribution < -0.4 is 4.90 Å². The predicted octanol–water partition coefficient (Wildman–Crippen LogP) is 1.64. The number of aryl methyl sites for hydroxylation is 1. The zero-order valence-electron chi connectivity index (χ0n) is 10.2. The van der Waals surface area contributed by atoms with Crippen LogP contribution in [0.5, 0.6) is 5.75 Å². The Labute approximate surface area is 105 Å². The summed E-state index contributed by atoms with van der Waals surface area (Å²) < 4.78 is 1.72. The van der Waals surface area contributed by atoms with Crippen molar-refractivity contribution in [3.63, 3.8) is 0 Å². The lowest BCUT2D eigenvalue weighted by Crippen LogP contribution is -2.27. The number of hydrogen-bond donors (Lipinski definition) is 1. The fraction of sp³-hybridized carbons (Fsp3) is 0.231. The molecule has 94 valence electrons. The van der Waals surface area contributed by atoms with E-state index < -0.39 is 0 Å². The van der Waals surface area contributed by atoms with Crippen molar-refractivity contribution in [2.24, 2.45) is 0 Å². The Bertz CT molecular complexity index is 506. The van der Waals surface area contributed by atoms with Gasteiger partial charge >= 0.3 is 0 Å². The minimum atomic E-state index is 0.0104. The number of aromatic hydroxyl groups is 1. The van der Waals surface area contributed by atoms with Gasteiger partial charge in [-0.2, -0.15) is 5.10 Å².